The molecule has 194 valence electrons. The van der Waals surface area contributed by atoms with Crippen LogP contribution in [0.2, 0.25) is 0 Å². The average Bonchev–Trinajstić information content (AvgIpc) is 3.62. The Hall–Kier alpha value is -2.83. The van der Waals surface area contributed by atoms with Gasteiger partial charge in [-0.1, -0.05) is 35.9 Å². The van der Waals surface area contributed by atoms with Crippen LogP contribution < -0.4 is 4.74 Å². The van der Waals surface area contributed by atoms with Crippen LogP contribution in [0.25, 0.3) is 6.08 Å². The standard InChI is InChI=1S/C31H36N2O4/c1-19-4-3-5-20(16-19)8-11-26(35)32(2)23-12-13-31(36)25-17-22-9-10-24(34)28-27(22)30(31,29(23)37-28)14-15-33(25)18-21-6-7-21/h3-5,8-11,16,21,23,25,29,34,36H,6-7,12-15,17-18H2,1-2H3/b11-8+/t23-,25-,29+,30+,31-/m1/s1. The molecule has 37 heavy (non-hydrogen) atoms. The van der Waals surface area contributed by atoms with E-state index in [4.69, 9.17) is 4.74 Å². The highest BCUT2D eigenvalue weighted by Gasteiger charge is 2.73. The second-order valence-electron chi connectivity index (χ2n) is 12.1. The SMILES string of the molecule is Cc1cccc(/C=C/C(=O)N(C)[C@@H]2CC[C@@]3(O)[C@H]4Cc5ccc(O)c6c5[C@@]3(CCN4CC3CC3)[C@H]2O6)c1. The van der Waals surface area contributed by atoms with Crippen molar-refractivity contribution in [3.8, 4) is 11.5 Å². The lowest BCUT2D eigenvalue weighted by Crippen LogP contribution is -2.78. The number of aromatic hydroxyl groups is 1. The smallest absolute Gasteiger partial charge is 0.246 e. The maximum absolute atomic E-state index is 13.4. The summed E-state index contributed by atoms with van der Waals surface area (Å²) in [4.78, 5) is 17.7. The molecule has 0 radical (unpaired) electrons. The van der Waals surface area contributed by atoms with E-state index in [0.29, 0.717) is 18.6 Å². The molecular weight excluding hydrogens is 464 g/mol. The number of nitrogens with zero attached hydrogens (tertiary/aromatic N) is 2. The molecule has 5 aliphatic rings. The summed E-state index contributed by atoms with van der Waals surface area (Å²) in [5, 5.41) is 23.4. The number of amides is 1. The number of aliphatic hydroxyl groups is 1. The molecule has 2 saturated carbocycles. The van der Waals surface area contributed by atoms with Gasteiger partial charge in [-0.25, -0.2) is 0 Å². The minimum Gasteiger partial charge on any atom is -0.504 e. The second-order valence-corrected chi connectivity index (χ2v) is 12.1. The van der Waals surface area contributed by atoms with Gasteiger partial charge < -0.3 is 19.8 Å². The van der Waals surface area contributed by atoms with E-state index < -0.39 is 11.0 Å². The number of carbonyl (C=O) groups excluding carboxylic acids is 1. The van der Waals surface area contributed by atoms with Crippen molar-refractivity contribution in [2.24, 2.45) is 5.92 Å². The zero-order chi connectivity index (χ0) is 25.5. The predicted octanol–water partition coefficient (Wildman–Crippen LogP) is 3.81. The molecule has 2 aromatic carbocycles. The first-order valence-electron chi connectivity index (χ1n) is 13.8. The first kappa shape index (κ1) is 23.3. The minimum absolute atomic E-state index is 0.0408. The minimum atomic E-state index is -0.936. The zero-order valence-corrected chi connectivity index (χ0v) is 21.7. The Balaban J connectivity index is 1.25. The summed E-state index contributed by atoms with van der Waals surface area (Å²) < 4.78 is 6.62. The number of ether oxygens (including phenoxy) is 1. The van der Waals surface area contributed by atoms with Gasteiger partial charge in [0.1, 0.15) is 6.10 Å². The van der Waals surface area contributed by atoms with Gasteiger partial charge in [-0.05, 0) is 81.2 Å². The summed E-state index contributed by atoms with van der Waals surface area (Å²) in [6.07, 6.45) is 8.54. The van der Waals surface area contributed by atoms with E-state index in [0.717, 1.165) is 48.5 Å². The van der Waals surface area contributed by atoms with Gasteiger partial charge in [-0.3, -0.25) is 9.69 Å². The number of hydrogen-bond acceptors (Lipinski definition) is 5. The number of phenolic OH excluding ortho intramolecular Hbond substituents is 1. The molecule has 1 saturated heterocycles. The molecule has 6 heteroatoms. The average molecular weight is 501 g/mol. The van der Waals surface area contributed by atoms with Crippen LogP contribution in [0.15, 0.2) is 42.5 Å². The van der Waals surface area contributed by atoms with Gasteiger partial charge in [0.25, 0.3) is 0 Å². The van der Waals surface area contributed by atoms with Gasteiger partial charge in [-0.15, -0.1) is 0 Å². The molecule has 3 aliphatic carbocycles. The van der Waals surface area contributed by atoms with Crippen molar-refractivity contribution in [3.05, 3.63) is 64.7 Å². The maximum atomic E-state index is 13.4. The molecule has 0 aromatic heterocycles. The van der Waals surface area contributed by atoms with Crippen LogP contribution in [0.3, 0.4) is 0 Å². The van der Waals surface area contributed by atoms with Crippen LogP contribution in [-0.2, 0) is 16.6 Å². The highest BCUT2D eigenvalue weighted by molar-refractivity contribution is 5.92. The van der Waals surface area contributed by atoms with Crippen LogP contribution in [-0.4, -0.2) is 69.8 Å². The highest BCUT2D eigenvalue weighted by Crippen LogP contribution is 2.66. The van der Waals surface area contributed by atoms with E-state index in [-0.39, 0.29) is 29.8 Å². The van der Waals surface area contributed by atoms with Gasteiger partial charge in [0.15, 0.2) is 11.5 Å². The molecule has 7 rings (SSSR count). The number of rotatable bonds is 5. The van der Waals surface area contributed by atoms with Crippen molar-refractivity contribution >= 4 is 12.0 Å². The van der Waals surface area contributed by atoms with Crippen molar-refractivity contribution in [2.45, 2.75) is 74.7 Å². The Bertz CT molecular complexity index is 1300. The lowest BCUT2D eigenvalue weighted by atomic mass is 9.48. The summed E-state index contributed by atoms with van der Waals surface area (Å²) in [5.74, 6) is 1.34. The van der Waals surface area contributed by atoms with Crippen LogP contribution in [0.5, 0.6) is 11.5 Å². The van der Waals surface area contributed by atoms with E-state index in [1.54, 1.807) is 17.0 Å². The summed E-state index contributed by atoms with van der Waals surface area (Å²) >= 11 is 0. The van der Waals surface area contributed by atoms with E-state index in [1.165, 1.54) is 18.4 Å². The maximum Gasteiger partial charge on any atom is 0.246 e. The normalized spacial score (nSPS) is 33.8. The van der Waals surface area contributed by atoms with Crippen molar-refractivity contribution < 1.29 is 19.7 Å². The molecular formula is C31H36N2O4. The second kappa shape index (κ2) is 8.08. The number of carbonyl (C=O) groups is 1. The van der Waals surface area contributed by atoms with E-state index in [2.05, 4.69) is 11.0 Å². The molecule has 2 heterocycles. The first-order chi connectivity index (χ1) is 17.8. The Morgan fingerprint density at radius 3 is 2.84 bits per heavy atom. The van der Waals surface area contributed by atoms with Gasteiger partial charge in [0, 0.05) is 31.3 Å². The molecule has 6 nitrogen and oxygen atoms in total. The number of benzene rings is 2. The molecule has 2 N–H and O–H groups in total. The fourth-order valence-electron chi connectivity index (χ4n) is 8.07. The van der Waals surface area contributed by atoms with Gasteiger partial charge in [-0.2, -0.15) is 0 Å². The number of phenols is 1. The van der Waals surface area contributed by atoms with Crippen molar-refractivity contribution in [1.29, 1.82) is 0 Å². The van der Waals surface area contributed by atoms with Crippen LogP contribution >= 0.6 is 0 Å². The molecule has 2 aliphatic heterocycles. The molecule has 1 spiro atoms. The highest BCUT2D eigenvalue weighted by atomic mass is 16.5. The number of likely N-dealkylation sites (tertiary alicyclic amines) is 1. The third kappa shape index (κ3) is 3.28. The van der Waals surface area contributed by atoms with Gasteiger partial charge in [0.05, 0.1) is 17.1 Å². The summed E-state index contributed by atoms with van der Waals surface area (Å²) in [5.41, 5.74) is 2.78. The number of likely N-dealkylation sites (N-methyl/N-ethyl adjacent to an activating group) is 1. The molecule has 2 aromatic rings. The third-order valence-corrected chi connectivity index (χ3v) is 10.0. The Morgan fingerprint density at radius 2 is 2.05 bits per heavy atom. The summed E-state index contributed by atoms with van der Waals surface area (Å²) in [6.45, 7) is 4.01. The molecule has 3 fully saturated rings. The van der Waals surface area contributed by atoms with Crippen LogP contribution in [0.1, 0.15) is 54.4 Å². The predicted molar refractivity (Wildman–Crippen MR) is 142 cm³/mol. The van der Waals surface area contributed by atoms with Crippen molar-refractivity contribution in [3.63, 3.8) is 0 Å². The van der Waals surface area contributed by atoms with Gasteiger partial charge in [0.2, 0.25) is 5.91 Å². The topological polar surface area (TPSA) is 73.2 Å². The van der Waals surface area contributed by atoms with E-state index in [1.807, 2.05) is 44.3 Å². The van der Waals surface area contributed by atoms with Crippen molar-refractivity contribution in [2.75, 3.05) is 20.1 Å². The Labute approximate surface area is 218 Å². The number of aryl methyl sites for hydroxylation is 1. The zero-order valence-electron chi connectivity index (χ0n) is 21.7. The molecule has 1 amide bonds. The monoisotopic (exact) mass is 500 g/mol. The lowest BCUT2D eigenvalue weighted by molar-refractivity contribution is -0.200. The fraction of sp³-hybridized carbons (Fsp3) is 0.516. The molecule has 0 unspecified atom stereocenters. The largest absolute Gasteiger partial charge is 0.504 e. The van der Waals surface area contributed by atoms with Crippen LogP contribution in [0.4, 0.5) is 0 Å². The van der Waals surface area contributed by atoms with Crippen molar-refractivity contribution in [1.82, 2.24) is 9.80 Å². The number of piperidine rings is 1. The quantitative estimate of drug-likeness (QED) is 0.611. The Kier molecular flexibility index (Phi) is 5.09. The molecule has 2 bridgehead atoms. The van der Waals surface area contributed by atoms with E-state index >= 15 is 0 Å². The number of hydrogen-bond donors (Lipinski definition) is 2. The third-order valence-electron chi connectivity index (χ3n) is 10.0. The first-order valence-corrected chi connectivity index (χ1v) is 13.8. The molecule has 5 atom stereocenters. The fourth-order valence-corrected chi connectivity index (χ4v) is 8.07. The van der Waals surface area contributed by atoms with E-state index in [9.17, 15) is 15.0 Å². The van der Waals surface area contributed by atoms with Gasteiger partial charge >= 0.3 is 0 Å². The summed E-state index contributed by atoms with van der Waals surface area (Å²) in [7, 11) is 1.85. The Morgan fingerprint density at radius 1 is 1.22 bits per heavy atom. The van der Waals surface area contributed by atoms with Crippen LogP contribution in [0, 0.1) is 12.8 Å². The lowest BCUT2D eigenvalue weighted by Gasteiger charge is -2.64. The summed E-state index contributed by atoms with van der Waals surface area (Å²) in [6, 6.07) is 11.7.